The molecule has 0 saturated heterocycles. The number of nitrogen functional groups attached to an aromatic ring is 1. The molecule has 0 aliphatic rings. The maximum Gasteiger partial charge on any atom is 0.251 e. The van der Waals surface area contributed by atoms with Crippen molar-refractivity contribution in [2.45, 2.75) is 13.0 Å². The molecule has 1 amide bonds. The van der Waals surface area contributed by atoms with Gasteiger partial charge in [-0.1, -0.05) is 18.2 Å². The van der Waals surface area contributed by atoms with Gasteiger partial charge in [-0.05, 0) is 30.7 Å². The van der Waals surface area contributed by atoms with Crippen molar-refractivity contribution in [3.8, 4) is 0 Å². The average Bonchev–Trinajstić information content (AvgIpc) is 2.40. The third-order valence-electron chi connectivity index (χ3n) is 2.75. The first-order valence-electron chi connectivity index (χ1n) is 5.74. The number of amides is 1. The zero-order chi connectivity index (χ0) is 13.0. The van der Waals surface area contributed by atoms with E-state index in [0.717, 1.165) is 5.56 Å². The minimum Gasteiger partial charge on any atom is -0.398 e. The van der Waals surface area contributed by atoms with Crippen LogP contribution in [0.25, 0.3) is 0 Å². The smallest absolute Gasteiger partial charge is 0.251 e. The second-order valence-corrected chi connectivity index (χ2v) is 4.06. The first-order valence-corrected chi connectivity index (χ1v) is 5.74. The van der Waals surface area contributed by atoms with Crippen LogP contribution in [0.2, 0.25) is 0 Å². The van der Waals surface area contributed by atoms with Crippen LogP contribution in [-0.2, 0) is 0 Å². The summed E-state index contributed by atoms with van der Waals surface area (Å²) in [6.45, 7) is 1.91. The molecule has 0 spiro atoms. The summed E-state index contributed by atoms with van der Waals surface area (Å²) in [7, 11) is 0. The Morgan fingerprint density at radius 3 is 2.56 bits per heavy atom. The largest absolute Gasteiger partial charge is 0.398 e. The minimum atomic E-state index is -0.133. The molecule has 0 aliphatic carbocycles. The number of hydrogen-bond acceptors (Lipinski definition) is 3. The van der Waals surface area contributed by atoms with Crippen LogP contribution >= 0.6 is 0 Å². The van der Waals surface area contributed by atoms with Crippen molar-refractivity contribution in [2.75, 3.05) is 5.73 Å². The fraction of sp³-hybridized carbons (Fsp3) is 0.143. The molecule has 0 radical (unpaired) electrons. The highest BCUT2D eigenvalue weighted by atomic mass is 16.1. The number of hydrogen-bond donors (Lipinski definition) is 2. The van der Waals surface area contributed by atoms with Gasteiger partial charge in [0.2, 0.25) is 0 Å². The predicted octanol–water partition coefficient (Wildman–Crippen LogP) is 2.15. The van der Waals surface area contributed by atoms with Gasteiger partial charge in [0.05, 0.1) is 6.04 Å². The van der Waals surface area contributed by atoms with Crippen molar-refractivity contribution in [2.24, 2.45) is 0 Å². The molecule has 1 heterocycles. The maximum absolute atomic E-state index is 12.0. The van der Waals surface area contributed by atoms with Crippen LogP contribution in [0.4, 0.5) is 5.69 Å². The molecule has 1 aromatic carbocycles. The number of para-hydroxylation sites is 1. The fourth-order valence-electron chi connectivity index (χ4n) is 1.77. The molecule has 0 bridgehead atoms. The van der Waals surface area contributed by atoms with Gasteiger partial charge in [0.15, 0.2) is 0 Å². The lowest BCUT2D eigenvalue weighted by Crippen LogP contribution is -2.27. The third kappa shape index (κ3) is 2.66. The minimum absolute atomic E-state index is 0.131. The number of carbonyl (C=O) groups is 1. The van der Waals surface area contributed by atoms with Crippen molar-refractivity contribution < 1.29 is 4.79 Å². The Labute approximate surface area is 106 Å². The molecule has 0 aliphatic heterocycles. The highest BCUT2D eigenvalue weighted by molar-refractivity contribution is 5.94. The van der Waals surface area contributed by atoms with Crippen molar-refractivity contribution in [3.05, 3.63) is 59.9 Å². The van der Waals surface area contributed by atoms with E-state index in [4.69, 9.17) is 5.73 Å². The number of rotatable bonds is 3. The molecule has 18 heavy (non-hydrogen) atoms. The lowest BCUT2D eigenvalue weighted by Gasteiger charge is -2.16. The molecule has 1 unspecified atom stereocenters. The fourth-order valence-corrected chi connectivity index (χ4v) is 1.77. The van der Waals surface area contributed by atoms with Gasteiger partial charge in [-0.3, -0.25) is 9.78 Å². The van der Waals surface area contributed by atoms with Gasteiger partial charge < -0.3 is 11.1 Å². The van der Waals surface area contributed by atoms with E-state index in [1.54, 1.807) is 24.5 Å². The summed E-state index contributed by atoms with van der Waals surface area (Å²) >= 11 is 0. The molecule has 2 aromatic rings. The summed E-state index contributed by atoms with van der Waals surface area (Å²) in [6, 6.07) is 10.7. The van der Waals surface area contributed by atoms with Gasteiger partial charge >= 0.3 is 0 Å². The molecule has 1 aromatic heterocycles. The van der Waals surface area contributed by atoms with Gasteiger partial charge in [0.1, 0.15) is 0 Å². The van der Waals surface area contributed by atoms with E-state index >= 15 is 0 Å². The normalized spacial score (nSPS) is 11.8. The maximum atomic E-state index is 12.0. The van der Waals surface area contributed by atoms with Crippen LogP contribution in [0.3, 0.4) is 0 Å². The summed E-state index contributed by atoms with van der Waals surface area (Å²) < 4.78 is 0. The molecule has 3 N–H and O–H groups in total. The molecule has 4 nitrogen and oxygen atoms in total. The van der Waals surface area contributed by atoms with Gasteiger partial charge in [-0.25, -0.2) is 0 Å². The molecule has 2 rings (SSSR count). The number of aromatic nitrogens is 1. The Bertz CT molecular complexity index is 540. The summed E-state index contributed by atoms with van der Waals surface area (Å²) in [5.41, 5.74) is 8.06. The highest BCUT2D eigenvalue weighted by Gasteiger charge is 2.12. The standard InChI is InChI=1S/C14H15N3O/c1-10(12-4-2-3-5-13(12)15)17-14(18)11-6-8-16-9-7-11/h2-10H,15H2,1H3,(H,17,18). The molecular weight excluding hydrogens is 226 g/mol. The van der Waals surface area contributed by atoms with Crippen LogP contribution in [0.15, 0.2) is 48.8 Å². The van der Waals surface area contributed by atoms with Crippen LogP contribution in [0.1, 0.15) is 28.9 Å². The Balaban J connectivity index is 2.11. The quantitative estimate of drug-likeness (QED) is 0.809. The lowest BCUT2D eigenvalue weighted by atomic mass is 10.1. The average molecular weight is 241 g/mol. The van der Waals surface area contributed by atoms with Gasteiger partial charge in [0.25, 0.3) is 5.91 Å². The van der Waals surface area contributed by atoms with Gasteiger partial charge in [0, 0.05) is 23.6 Å². The van der Waals surface area contributed by atoms with Crippen LogP contribution in [0, 0.1) is 0 Å². The Kier molecular flexibility index (Phi) is 3.57. The molecule has 0 fully saturated rings. The number of carbonyl (C=O) groups excluding carboxylic acids is 1. The van der Waals surface area contributed by atoms with E-state index in [9.17, 15) is 4.79 Å². The molecular formula is C14H15N3O. The molecule has 92 valence electrons. The van der Waals surface area contributed by atoms with Crippen LogP contribution < -0.4 is 11.1 Å². The van der Waals surface area contributed by atoms with Crippen molar-refractivity contribution in [1.29, 1.82) is 0 Å². The highest BCUT2D eigenvalue weighted by Crippen LogP contribution is 2.19. The molecule has 0 saturated carbocycles. The zero-order valence-electron chi connectivity index (χ0n) is 10.1. The number of benzene rings is 1. The number of nitrogens with two attached hydrogens (primary N) is 1. The first kappa shape index (κ1) is 12.1. The van der Waals surface area contributed by atoms with E-state index in [2.05, 4.69) is 10.3 Å². The van der Waals surface area contributed by atoms with Gasteiger partial charge in [-0.15, -0.1) is 0 Å². The second-order valence-electron chi connectivity index (χ2n) is 4.06. The van der Waals surface area contributed by atoms with E-state index < -0.39 is 0 Å². The van der Waals surface area contributed by atoms with E-state index in [-0.39, 0.29) is 11.9 Å². The predicted molar refractivity (Wildman–Crippen MR) is 71.0 cm³/mol. The van der Waals surface area contributed by atoms with Crippen LogP contribution in [0.5, 0.6) is 0 Å². The van der Waals surface area contributed by atoms with E-state index in [1.807, 2.05) is 31.2 Å². The second kappa shape index (κ2) is 5.31. The van der Waals surface area contributed by atoms with Crippen molar-refractivity contribution >= 4 is 11.6 Å². The monoisotopic (exact) mass is 241 g/mol. The summed E-state index contributed by atoms with van der Waals surface area (Å²) in [5.74, 6) is -0.131. The summed E-state index contributed by atoms with van der Waals surface area (Å²) in [4.78, 5) is 15.8. The number of nitrogens with zero attached hydrogens (tertiary/aromatic N) is 1. The van der Waals surface area contributed by atoms with Crippen LogP contribution in [-0.4, -0.2) is 10.9 Å². The Morgan fingerprint density at radius 2 is 1.89 bits per heavy atom. The zero-order valence-corrected chi connectivity index (χ0v) is 10.1. The van der Waals surface area contributed by atoms with Crippen molar-refractivity contribution in [3.63, 3.8) is 0 Å². The third-order valence-corrected chi connectivity index (χ3v) is 2.75. The number of anilines is 1. The Morgan fingerprint density at radius 1 is 1.22 bits per heavy atom. The Hall–Kier alpha value is -2.36. The summed E-state index contributed by atoms with van der Waals surface area (Å²) in [5, 5.41) is 2.91. The first-order chi connectivity index (χ1) is 8.68. The number of pyridine rings is 1. The molecule has 4 heteroatoms. The SMILES string of the molecule is CC(NC(=O)c1ccncc1)c1ccccc1N. The van der Waals surface area contributed by atoms with Crippen molar-refractivity contribution in [1.82, 2.24) is 10.3 Å². The molecule has 1 atom stereocenters. The van der Waals surface area contributed by atoms with E-state index in [1.165, 1.54) is 0 Å². The van der Waals surface area contributed by atoms with Gasteiger partial charge in [-0.2, -0.15) is 0 Å². The van der Waals surface area contributed by atoms with E-state index in [0.29, 0.717) is 11.3 Å². The summed E-state index contributed by atoms with van der Waals surface area (Å²) in [6.07, 6.45) is 3.19. The topological polar surface area (TPSA) is 68.0 Å². The lowest BCUT2D eigenvalue weighted by molar-refractivity contribution is 0.0940. The number of nitrogens with one attached hydrogen (secondary N) is 1.